The number of nitrogens with one attached hydrogen (secondary N) is 1. The number of aliphatic imine (C=N–C) groups is 1. The minimum atomic E-state index is 0. The molecule has 0 saturated carbocycles. The molecule has 1 N–H and O–H groups in total. The van der Waals surface area contributed by atoms with Crippen LogP contribution in [0.25, 0.3) is 0 Å². The second-order valence-electron chi connectivity index (χ2n) is 8.04. The first kappa shape index (κ1) is 25.4. The summed E-state index contributed by atoms with van der Waals surface area (Å²) in [4.78, 5) is 9.42. The molecule has 0 radical (unpaired) electrons. The first-order chi connectivity index (χ1) is 14.2. The van der Waals surface area contributed by atoms with Gasteiger partial charge in [0.25, 0.3) is 0 Å². The quantitative estimate of drug-likeness (QED) is 0.227. The molecule has 2 saturated heterocycles. The van der Waals surface area contributed by atoms with Crippen molar-refractivity contribution in [2.24, 2.45) is 4.99 Å². The van der Waals surface area contributed by atoms with Crippen molar-refractivity contribution in [3.8, 4) is 0 Å². The van der Waals surface area contributed by atoms with E-state index in [1.54, 1.807) is 7.11 Å². The summed E-state index contributed by atoms with van der Waals surface area (Å²) in [7, 11) is 3.61. The van der Waals surface area contributed by atoms with Crippen molar-refractivity contribution in [3.05, 3.63) is 23.7 Å². The maximum atomic E-state index is 5.99. The highest BCUT2D eigenvalue weighted by atomic mass is 127. The molecule has 2 aliphatic rings. The van der Waals surface area contributed by atoms with E-state index in [9.17, 15) is 0 Å². The molecule has 30 heavy (non-hydrogen) atoms. The van der Waals surface area contributed by atoms with Gasteiger partial charge in [0.1, 0.15) is 11.5 Å². The standard InChI is InChI=1S/C22H38N4O3.HI/c1-18-7-8-21(29-18)20(25-11-4-5-12-25)17-24-22(23-2)26-13-9-19(10-14-26)28-16-6-15-27-3;/h7-8,19-20H,4-6,9-17H2,1-3H3,(H,23,24);1H. The lowest BCUT2D eigenvalue weighted by Gasteiger charge is -2.35. The van der Waals surface area contributed by atoms with Gasteiger partial charge in [-0.05, 0) is 64.3 Å². The molecule has 8 heteroatoms. The summed E-state index contributed by atoms with van der Waals surface area (Å²) in [6, 6.07) is 4.43. The van der Waals surface area contributed by atoms with Gasteiger partial charge in [0, 0.05) is 47.0 Å². The Morgan fingerprint density at radius 2 is 1.93 bits per heavy atom. The van der Waals surface area contributed by atoms with Gasteiger partial charge in [0.15, 0.2) is 5.96 Å². The molecular formula is C22H39IN4O3. The van der Waals surface area contributed by atoms with Crippen LogP contribution in [0, 0.1) is 6.92 Å². The van der Waals surface area contributed by atoms with E-state index in [2.05, 4.69) is 32.2 Å². The van der Waals surface area contributed by atoms with Gasteiger partial charge in [-0.25, -0.2) is 0 Å². The molecule has 1 atom stereocenters. The molecule has 0 aromatic carbocycles. The third-order valence-corrected chi connectivity index (χ3v) is 5.92. The van der Waals surface area contributed by atoms with Gasteiger partial charge in [0.2, 0.25) is 0 Å². The zero-order valence-corrected chi connectivity index (χ0v) is 21.1. The van der Waals surface area contributed by atoms with Gasteiger partial charge in [-0.15, -0.1) is 24.0 Å². The monoisotopic (exact) mass is 534 g/mol. The largest absolute Gasteiger partial charge is 0.465 e. The van der Waals surface area contributed by atoms with Crippen molar-refractivity contribution in [3.63, 3.8) is 0 Å². The van der Waals surface area contributed by atoms with Gasteiger partial charge in [-0.2, -0.15) is 0 Å². The first-order valence-corrected chi connectivity index (χ1v) is 11.1. The molecule has 0 bridgehead atoms. The highest BCUT2D eigenvalue weighted by molar-refractivity contribution is 14.0. The summed E-state index contributed by atoms with van der Waals surface area (Å²) in [6.07, 6.45) is 5.93. The molecule has 0 aliphatic carbocycles. The van der Waals surface area contributed by atoms with Gasteiger partial charge >= 0.3 is 0 Å². The van der Waals surface area contributed by atoms with E-state index in [0.717, 1.165) is 82.7 Å². The number of methoxy groups -OCH3 is 1. The summed E-state index contributed by atoms with van der Waals surface area (Å²) in [6.45, 7) is 8.60. The van der Waals surface area contributed by atoms with Crippen molar-refractivity contribution in [1.82, 2.24) is 15.1 Å². The van der Waals surface area contributed by atoms with Crippen LogP contribution < -0.4 is 5.32 Å². The number of guanidine groups is 1. The molecule has 0 spiro atoms. The number of hydrogen-bond acceptors (Lipinski definition) is 5. The molecule has 3 rings (SSSR count). The van der Waals surface area contributed by atoms with Crippen molar-refractivity contribution in [1.29, 1.82) is 0 Å². The Kier molecular flexibility index (Phi) is 11.5. The van der Waals surface area contributed by atoms with E-state index < -0.39 is 0 Å². The molecular weight excluding hydrogens is 495 g/mol. The molecule has 1 unspecified atom stereocenters. The minimum Gasteiger partial charge on any atom is -0.465 e. The van der Waals surface area contributed by atoms with Crippen LogP contribution >= 0.6 is 24.0 Å². The lowest BCUT2D eigenvalue weighted by Crippen LogP contribution is -2.49. The lowest BCUT2D eigenvalue weighted by molar-refractivity contribution is 0.00985. The van der Waals surface area contributed by atoms with E-state index >= 15 is 0 Å². The van der Waals surface area contributed by atoms with E-state index in [0.29, 0.717) is 6.10 Å². The van der Waals surface area contributed by atoms with Crippen LogP contribution in [0.2, 0.25) is 0 Å². The maximum absolute atomic E-state index is 5.99. The van der Waals surface area contributed by atoms with Gasteiger partial charge < -0.3 is 24.1 Å². The minimum absolute atomic E-state index is 0. The van der Waals surface area contributed by atoms with Crippen molar-refractivity contribution in [2.45, 2.75) is 51.2 Å². The number of nitrogens with zero attached hydrogens (tertiary/aromatic N) is 3. The Bertz CT molecular complexity index is 626. The third kappa shape index (κ3) is 7.39. The zero-order chi connectivity index (χ0) is 20.5. The number of rotatable bonds is 9. The fourth-order valence-electron chi connectivity index (χ4n) is 4.30. The Balaban J connectivity index is 0.00000320. The number of likely N-dealkylation sites (tertiary alicyclic amines) is 2. The van der Waals surface area contributed by atoms with Crippen LogP contribution in [0.3, 0.4) is 0 Å². The first-order valence-electron chi connectivity index (χ1n) is 11.1. The lowest BCUT2D eigenvalue weighted by atomic mass is 10.1. The number of aryl methyl sites for hydroxylation is 1. The summed E-state index contributed by atoms with van der Waals surface area (Å²) in [5.74, 6) is 3.01. The maximum Gasteiger partial charge on any atom is 0.193 e. The van der Waals surface area contributed by atoms with E-state index in [1.165, 1.54) is 12.8 Å². The third-order valence-electron chi connectivity index (χ3n) is 5.92. The number of piperidine rings is 1. The molecule has 2 aliphatic heterocycles. The van der Waals surface area contributed by atoms with Crippen LogP contribution in [0.5, 0.6) is 0 Å². The highest BCUT2D eigenvalue weighted by Crippen LogP contribution is 2.26. The second kappa shape index (κ2) is 13.5. The molecule has 1 aromatic heterocycles. The Labute approximate surface area is 198 Å². The molecule has 3 heterocycles. The number of halogens is 1. The number of ether oxygens (including phenoxy) is 2. The summed E-state index contributed by atoms with van der Waals surface area (Å²) >= 11 is 0. The summed E-state index contributed by atoms with van der Waals surface area (Å²) in [5.41, 5.74) is 0. The average Bonchev–Trinajstić information content (AvgIpc) is 3.42. The normalized spacial score (nSPS) is 19.7. The van der Waals surface area contributed by atoms with Crippen LogP contribution in [-0.2, 0) is 9.47 Å². The van der Waals surface area contributed by atoms with Crippen LogP contribution in [0.15, 0.2) is 21.5 Å². The van der Waals surface area contributed by atoms with E-state index in [-0.39, 0.29) is 30.0 Å². The van der Waals surface area contributed by atoms with E-state index in [4.69, 9.17) is 13.9 Å². The number of hydrogen-bond donors (Lipinski definition) is 1. The molecule has 2 fully saturated rings. The Morgan fingerprint density at radius 3 is 2.53 bits per heavy atom. The van der Waals surface area contributed by atoms with Crippen LogP contribution in [-0.4, -0.2) is 82.0 Å². The van der Waals surface area contributed by atoms with Crippen LogP contribution in [0.4, 0.5) is 0 Å². The molecule has 0 amide bonds. The fourth-order valence-corrected chi connectivity index (χ4v) is 4.30. The smallest absolute Gasteiger partial charge is 0.193 e. The van der Waals surface area contributed by atoms with Crippen molar-refractivity contribution in [2.75, 3.05) is 60.1 Å². The molecule has 7 nitrogen and oxygen atoms in total. The van der Waals surface area contributed by atoms with Crippen LogP contribution in [0.1, 0.15) is 49.7 Å². The molecule has 172 valence electrons. The van der Waals surface area contributed by atoms with Crippen molar-refractivity contribution < 1.29 is 13.9 Å². The fraction of sp³-hybridized carbons (Fsp3) is 0.773. The van der Waals surface area contributed by atoms with Gasteiger partial charge in [-0.1, -0.05) is 0 Å². The highest BCUT2D eigenvalue weighted by Gasteiger charge is 2.27. The topological polar surface area (TPSA) is 62.5 Å². The Morgan fingerprint density at radius 1 is 1.20 bits per heavy atom. The number of furan rings is 1. The van der Waals surface area contributed by atoms with Crippen molar-refractivity contribution >= 4 is 29.9 Å². The summed E-state index contributed by atoms with van der Waals surface area (Å²) in [5, 5.41) is 3.62. The average molecular weight is 534 g/mol. The Hall–Kier alpha value is -0.840. The SMILES string of the molecule is CN=C(NCC(c1ccc(C)o1)N1CCCC1)N1CCC(OCCCOC)CC1.I. The predicted octanol–water partition coefficient (Wildman–Crippen LogP) is 3.44. The summed E-state index contributed by atoms with van der Waals surface area (Å²) < 4.78 is 17.1. The van der Waals surface area contributed by atoms with Gasteiger partial charge in [-0.3, -0.25) is 9.89 Å². The predicted molar refractivity (Wildman–Crippen MR) is 131 cm³/mol. The van der Waals surface area contributed by atoms with E-state index in [1.807, 2.05) is 14.0 Å². The van der Waals surface area contributed by atoms with Gasteiger partial charge in [0.05, 0.1) is 12.1 Å². The molecule has 1 aromatic rings. The second-order valence-corrected chi connectivity index (χ2v) is 8.04. The zero-order valence-electron chi connectivity index (χ0n) is 18.8.